The molecule has 0 aliphatic heterocycles. The molecule has 1 rings (SSSR count). The van der Waals surface area contributed by atoms with Crippen LogP contribution in [0.4, 0.5) is 0 Å². The summed E-state index contributed by atoms with van der Waals surface area (Å²) in [6.07, 6.45) is 0. The van der Waals surface area contributed by atoms with Crippen molar-refractivity contribution in [2.24, 2.45) is 17.8 Å². The fourth-order valence-electron chi connectivity index (χ4n) is 2.95. The Hall–Kier alpha value is -0.248. The van der Waals surface area contributed by atoms with E-state index in [0.29, 0.717) is 0 Å². The van der Waals surface area contributed by atoms with Gasteiger partial charge in [0.1, 0.15) is 0 Å². The lowest BCUT2D eigenvalue weighted by Gasteiger charge is -2.17. The van der Waals surface area contributed by atoms with Crippen molar-refractivity contribution in [3.63, 3.8) is 0 Å². The van der Waals surface area contributed by atoms with Gasteiger partial charge in [0, 0.05) is 0 Å². The maximum Gasteiger partial charge on any atom is 0.262 e. The first kappa shape index (κ1) is 20.8. The molecule has 0 unspecified atom stereocenters. The second-order valence-electron chi connectivity index (χ2n) is 7.84. The van der Waals surface area contributed by atoms with Gasteiger partial charge in [-0.25, -0.2) is 0 Å². The van der Waals surface area contributed by atoms with Crippen LogP contribution in [0, 0.1) is 31.6 Å². The van der Waals surface area contributed by atoms with Crippen LogP contribution in [0.5, 0.6) is 0 Å². The van der Waals surface area contributed by atoms with Crippen LogP contribution < -0.4 is 0 Å². The van der Waals surface area contributed by atoms with Gasteiger partial charge in [-0.05, 0) is 25.0 Å². The highest BCUT2D eigenvalue weighted by Crippen LogP contribution is 2.21. The van der Waals surface area contributed by atoms with Crippen molar-refractivity contribution >= 4 is 14.1 Å². The lowest BCUT2D eigenvalue weighted by atomic mass is 10.1. The molecule has 0 amide bonds. The van der Waals surface area contributed by atoms with Crippen LogP contribution in [0.2, 0.25) is 15.8 Å². The van der Waals surface area contributed by atoms with E-state index in [0.717, 1.165) is 17.8 Å². The molecule has 0 N–H and O–H groups in total. The SMILES string of the molecule is CC(C)[CH2][Al]([CH2]C(C)C)[CH2]C(C)C.Cc1ccccc1C. The molecule has 0 fully saturated rings. The highest BCUT2D eigenvalue weighted by molar-refractivity contribution is 6.58. The summed E-state index contributed by atoms with van der Waals surface area (Å²) in [5, 5.41) is 4.66. The minimum atomic E-state index is -0.407. The maximum absolute atomic E-state index is 2.38. The van der Waals surface area contributed by atoms with Crippen LogP contribution in [-0.2, 0) is 0 Å². The van der Waals surface area contributed by atoms with Crippen molar-refractivity contribution in [3.8, 4) is 0 Å². The summed E-state index contributed by atoms with van der Waals surface area (Å²) < 4.78 is 0. The number of rotatable bonds is 6. The molecule has 0 radical (unpaired) electrons. The van der Waals surface area contributed by atoms with E-state index < -0.39 is 14.1 Å². The molecule has 0 aliphatic rings. The molecule has 0 aromatic heterocycles. The Labute approximate surface area is 138 Å². The molecule has 1 aromatic carbocycles. The smallest absolute Gasteiger partial charge is 0.0915 e. The summed E-state index contributed by atoms with van der Waals surface area (Å²) in [6.45, 7) is 18.5. The van der Waals surface area contributed by atoms with E-state index in [1.165, 1.54) is 11.1 Å². The second-order valence-corrected chi connectivity index (χ2v) is 11.0. The Balaban J connectivity index is 0.000000423. The molecule has 0 nitrogen and oxygen atoms in total. The lowest BCUT2D eigenvalue weighted by Crippen LogP contribution is -2.19. The molecule has 0 atom stereocenters. The van der Waals surface area contributed by atoms with Gasteiger partial charge in [-0.3, -0.25) is 0 Å². The molecule has 0 saturated carbocycles. The Morgan fingerprint density at radius 1 is 0.667 bits per heavy atom. The third kappa shape index (κ3) is 12.0. The van der Waals surface area contributed by atoms with Crippen LogP contribution in [0.15, 0.2) is 24.3 Å². The van der Waals surface area contributed by atoms with E-state index in [1.807, 2.05) is 0 Å². The largest absolute Gasteiger partial charge is 0.262 e. The molecule has 120 valence electrons. The third-order valence-corrected chi connectivity index (χ3v) is 8.67. The molecule has 0 bridgehead atoms. The third-order valence-electron chi connectivity index (χ3n) is 3.84. The maximum atomic E-state index is 2.38. The molecular formula is C20H37Al. The quantitative estimate of drug-likeness (QED) is 0.510. The molecule has 1 heteroatoms. The van der Waals surface area contributed by atoms with Gasteiger partial charge in [-0.2, -0.15) is 0 Å². The van der Waals surface area contributed by atoms with Crippen LogP contribution >= 0.6 is 0 Å². The zero-order valence-electron chi connectivity index (χ0n) is 15.7. The van der Waals surface area contributed by atoms with Gasteiger partial charge in [0.2, 0.25) is 0 Å². The van der Waals surface area contributed by atoms with Gasteiger partial charge < -0.3 is 0 Å². The van der Waals surface area contributed by atoms with E-state index in [4.69, 9.17) is 0 Å². The van der Waals surface area contributed by atoms with Crippen molar-refractivity contribution in [1.29, 1.82) is 0 Å². The predicted octanol–water partition coefficient (Wildman–Crippen LogP) is 6.75. The van der Waals surface area contributed by atoms with E-state index in [1.54, 1.807) is 15.8 Å². The fraction of sp³-hybridized carbons (Fsp3) is 0.700. The fourth-order valence-corrected chi connectivity index (χ4v) is 7.53. The van der Waals surface area contributed by atoms with Crippen LogP contribution in [0.25, 0.3) is 0 Å². The van der Waals surface area contributed by atoms with Crippen LogP contribution in [0.1, 0.15) is 52.7 Å². The van der Waals surface area contributed by atoms with Gasteiger partial charge in [-0.15, -0.1) is 0 Å². The summed E-state index contributed by atoms with van der Waals surface area (Å²) in [7, 11) is 0. The van der Waals surface area contributed by atoms with Gasteiger partial charge in [0.25, 0.3) is 14.1 Å². The molecule has 0 spiro atoms. The standard InChI is InChI=1S/C8H10.3C4H9.Al/c1-7-5-3-4-6-8(7)2;3*1-4(2)3;/h3-6H,1-2H3;3*4H,1H2,2-3H3;. The van der Waals surface area contributed by atoms with E-state index in [9.17, 15) is 0 Å². The molecule has 0 heterocycles. The second kappa shape index (κ2) is 11.3. The molecule has 21 heavy (non-hydrogen) atoms. The molecule has 0 saturated heterocycles. The minimum Gasteiger partial charge on any atom is -0.0915 e. The first-order valence-electron chi connectivity index (χ1n) is 8.74. The Morgan fingerprint density at radius 2 is 0.952 bits per heavy atom. The normalized spacial score (nSPS) is 10.8. The van der Waals surface area contributed by atoms with E-state index >= 15 is 0 Å². The highest BCUT2D eigenvalue weighted by Gasteiger charge is 2.20. The van der Waals surface area contributed by atoms with Gasteiger partial charge in [-0.1, -0.05) is 99.4 Å². The first-order chi connectivity index (χ1) is 9.72. The van der Waals surface area contributed by atoms with E-state index in [-0.39, 0.29) is 0 Å². The van der Waals surface area contributed by atoms with Crippen molar-refractivity contribution in [1.82, 2.24) is 0 Å². The number of benzene rings is 1. The predicted molar refractivity (Wildman–Crippen MR) is 101 cm³/mol. The number of hydrogen-bond donors (Lipinski definition) is 0. The Morgan fingerprint density at radius 3 is 1.14 bits per heavy atom. The first-order valence-corrected chi connectivity index (χ1v) is 11.2. The highest BCUT2D eigenvalue weighted by atomic mass is 27.2. The molecule has 0 aliphatic carbocycles. The average molecular weight is 304 g/mol. The summed E-state index contributed by atoms with van der Waals surface area (Å²) in [5.41, 5.74) is 2.74. The zero-order valence-corrected chi connectivity index (χ0v) is 16.9. The monoisotopic (exact) mass is 304 g/mol. The zero-order chi connectivity index (χ0) is 16.4. The van der Waals surface area contributed by atoms with Crippen LogP contribution in [0.3, 0.4) is 0 Å². The summed E-state index contributed by atoms with van der Waals surface area (Å²) in [5.74, 6) is 2.78. The Kier molecular flexibility index (Phi) is 11.2. The minimum absolute atomic E-state index is 0.407. The summed E-state index contributed by atoms with van der Waals surface area (Å²) >= 11 is -0.407. The van der Waals surface area contributed by atoms with Crippen molar-refractivity contribution in [2.75, 3.05) is 0 Å². The lowest BCUT2D eigenvalue weighted by molar-refractivity contribution is 0.659. The van der Waals surface area contributed by atoms with Crippen molar-refractivity contribution in [3.05, 3.63) is 35.4 Å². The Bertz CT molecular complexity index is 321. The van der Waals surface area contributed by atoms with E-state index in [2.05, 4.69) is 79.7 Å². The number of hydrogen-bond acceptors (Lipinski definition) is 0. The average Bonchev–Trinajstić information content (AvgIpc) is 2.31. The van der Waals surface area contributed by atoms with Crippen molar-refractivity contribution in [2.45, 2.75) is 71.2 Å². The topological polar surface area (TPSA) is 0 Å². The van der Waals surface area contributed by atoms with Gasteiger partial charge in [0.15, 0.2) is 0 Å². The van der Waals surface area contributed by atoms with Crippen LogP contribution in [-0.4, -0.2) is 14.1 Å². The molecular weight excluding hydrogens is 267 g/mol. The number of aryl methyl sites for hydroxylation is 2. The van der Waals surface area contributed by atoms with Crippen molar-refractivity contribution < 1.29 is 0 Å². The summed E-state index contributed by atoms with van der Waals surface area (Å²) in [4.78, 5) is 0. The summed E-state index contributed by atoms with van der Waals surface area (Å²) in [6, 6.07) is 8.36. The van der Waals surface area contributed by atoms with Gasteiger partial charge >= 0.3 is 0 Å². The molecule has 1 aromatic rings. The van der Waals surface area contributed by atoms with Gasteiger partial charge in [0.05, 0.1) is 0 Å².